The molecule has 0 atom stereocenters. The van der Waals surface area contributed by atoms with Crippen LogP contribution >= 0.6 is 0 Å². The van der Waals surface area contributed by atoms with Crippen molar-refractivity contribution in [1.82, 2.24) is 9.21 Å². The number of hydrogen-bond donors (Lipinski definition) is 1. The Morgan fingerprint density at radius 1 is 1.12 bits per heavy atom. The van der Waals surface area contributed by atoms with Gasteiger partial charge in [-0.25, -0.2) is 8.42 Å². The minimum absolute atomic E-state index is 0.0932. The molecule has 26 heavy (non-hydrogen) atoms. The maximum absolute atomic E-state index is 13.3. The van der Waals surface area contributed by atoms with E-state index < -0.39 is 10.0 Å². The van der Waals surface area contributed by atoms with Gasteiger partial charge in [0.15, 0.2) is 0 Å². The Balaban J connectivity index is 1.76. The Bertz CT molecular complexity index is 721. The number of sulfonamides is 1. The van der Waals surface area contributed by atoms with Crippen molar-refractivity contribution in [3.63, 3.8) is 0 Å². The van der Waals surface area contributed by atoms with E-state index in [-0.39, 0.29) is 18.0 Å². The van der Waals surface area contributed by atoms with Gasteiger partial charge in [0.2, 0.25) is 15.9 Å². The molecule has 0 bridgehead atoms. The maximum atomic E-state index is 13.3. The number of carbonyl (C=O) groups is 1. The van der Waals surface area contributed by atoms with Gasteiger partial charge in [0, 0.05) is 24.7 Å². The summed E-state index contributed by atoms with van der Waals surface area (Å²) >= 11 is 0. The average Bonchev–Trinajstić information content (AvgIpc) is 3.41. The normalized spacial score (nSPS) is 19.7. The van der Waals surface area contributed by atoms with Crippen LogP contribution in [0.4, 0.5) is 5.69 Å². The molecule has 1 N–H and O–H groups in total. The van der Waals surface area contributed by atoms with E-state index in [9.17, 15) is 13.2 Å². The molecule has 144 valence electrons. The molecule has 1 aromatic carbocycles. The first kappa shape index (κ1) is 19.3. The van der Waals surface area contributed by atoms with E-state index >= 15 is 0 Å². The van der Waals surface area contributed by atoms with Crippen LogP contribution in [0.3, 0.4) is 0 Å². The van der Waals surface area contributed by atoms with Gasteiger partial charge in [0.05, 0.1) is 4.90 Å². The van der Waals surface area contributed by atoms with Crippen molar-refractivity contribution in [2.24, 2.45) is 0 Å². The van der Waals surface area contributed by atoms with Gasteiger partial charge in [-0.15, -0.1) is 0 Å². The van der Waals surface area contributed by atoms with Gasteiger partial charge in [-0.05, 0) is 76.0 Å². The Morgan fingerprint density at radius 3 is 2.19 bits per heavy atom. The second kappa shape index (κ2) is 8.06. The van der Waals surface area contributed by atoms with Crippen LogP contribution in [0.1, 0.15) is 46.0 Å². The van der Waals surface area contributed by atoms with E-state index in [1.807, 2.05) is 0 Å². The highest BCUT2D eigenvalue weighted by Gasteiger charge is 2.43. The lowest BCUT2D eigenvalue weighted by molar-refractivity contribution is -0.114. The third-order valence-electron chi connectivity index (χ3n) is 5.11. The Hall–Kier alpha value is -1.44. The topological polar surface area (TPSA) is 69.7 Å². The van der Waals surface area contributed by atoms with Gasteiger partial charge in [0.1, 0.15) is 0 Å². The molecule has 0 aromatic heterocycles. The molecule has 2 fully saturated rings. The van der Waals surface area contributed by atoms with E-state index in [1.165, 1.54) is 6.92 Å². The third-order valence-corrected chi connectivity index (χ3v) is 7.13. The van der Waals surface area contributed by atoms with Crippen LogP contribution in [0.25, 0.3) is 0 Å². The third kappa shape index (κ3) is 4.45. The van der Waals surface area contributed by atoms with Gasteiger partial charge < -0.3 is 10.2 Å². The zero-order valence-electron chi connectivity index (χ0n) is 15.6. The largest absolute Gasteiger partial charge is 0.326 e. The van der Waals surface area contributed by atoms with Crippen LogP contribution in [0.2, 0.25) is 0 Å². The number of rotatable bonds is 7. The van der Waals surface area contributed by atoms with Gasteiger partial charge in [-0.2, -0.15) is 4.31 Å². The van der Waals surface area contributed by atoms with Crippen LogP contribution < -0.4 is 5.32 Å². The quantitative estimate of drug-likeness (QED) is 0.791. The Kier molecular flexibility index (Phi) is 5.99. The molecule has 1 aliphatic heterocycles. The minimum Gasteiger partial charge on any atom is -0.326 e. The summed E-state index contributed by atoms with van der Waals surface area (Å²) in [5.41, 5.74) is 0.613. The highest BCUT2D eigenvalue weighted by Crippen LogP contribution is 2.36. The van der Waals surface area contributed by atoms with Crippen LogP contribution in [0, 0.1) is 0 Å². The van der Waals surface area contributed by atoms with Gasteiger partial charge in [0.25, 0.3) is 0 Å². The van der Waals surface area contributed by atoms with Crippen molar-refractivity contribution in [2.45, 2.75) is 62.9 Å². The molecule has 0 unspecified atom stereocenters. The molecule has 1 aliphatic carbocycles. The number of likely N-dealkylation sites (tertiary alicyclic amines) is 1. The standard InChI is InChI=1S/C19H29N3O3S/c1-3-12-21-13-10-18(11-14-21)22(17-6-7-17)26(24,25)19-8-4-16(5-9-19)20-15(2)23/h4-5,8-9,17-18H,3,6-7,10-14H2,1-2H3,(H,20,23). The summed E-state index contributed by atoms with van der Waals surface area (Å²) in [4.78, 5) is 13.9. The van der Waals surface area contributed by atoms with E-state index in [0.29, 0.717) is 10.6 Å². The molecule has 1 saturated carbocycles. The lowest BCUT2D eigenvalue weighted by atomic mass is 10.0. The molecule has 1 saturated heterocycles. The van der Waals surface area contributed by atoms with Crippen LogP contribution in [0.5, 0.6) is 0 Å². The number of benzene rings is 1. The molecule has 1 aromatic rings. The minimum atomic E-state index is -3.51. The number of nitrogens with zero attached hydrogens (tertiary/aromatic N) is 2. The highest BCUT2D eigenvalue weighted by molar-refractivity contribution is 7.89. The zero-order valence-corrected chi connectivity index (χ0v) is 16.5. The number of carbonyl (C=O) groups excluding carboxylic acids is 1. The summed E-state index contributed by atoms with van der Waals surface area (Å²) in [6.07, 6.45) is 4.85. The van der Waals surface area contributed by atoms with E-state index in [2.05, 4.69) is 17.1 Å². The highest BCUT2D eigenvalue weighted by atomic mass is 32.2. The van der Waals surface area contributed by atoms with E-state index in [4.69, 9.17) is 0 Å². The summed E-state index contributed by atoms with van der Waals surface area (Å²) in [6.45, 7) is 6.65. The van der Waals surface area contributed by atoms with Crippen molar-refractivity contribution >= 4 is 21.6 Å². The molecule has 0 spiro atoms. The molecule has 1 heterocycles. The average molecular weight is 380 g/mol. The summed E-state index contributed by atoms with van der Waals surface area (Å²) in [7, 11) is -3.51. The molecule has 7 heteroatoms. The van der Waals surface area contributed by atoms with Gasteiger partial charge >= 0.3 is 0 Å². The van der Waals surface area contributed by atoms with Crippen molar-refractivity contribution in [3.05, 3.63) is 24.3 Å². The fourth-order valence-electron chi connectivity index (χ4n) is 3.77. The molecule has 2 aliphatic rings. The first-order valence-corrected chi connectivity index (χ1v) is 11.0. The number of amides is 1. The lowest BCUT2D eigenvalue weighted by Gasteiger charge is -2.38. The first-order valence-electron chi connectivity index (χ1n) is 9.55. The second-order valence-electron chi connectivity index (χ2n) is 7.34. The SMILES string of the molecule is CCCN1CCC(N(C2CC2)S(=O)(=O)c2ccc(NC(C)=O)cc2)CC1. The van der Waals surface area contributed by atoms with E-state index in [0.717, 1.165) is 51.7 Å². The lowest BCUT2D eigenvalue weighted by Crippen LogP contribution is -2.48. The summed E-state index contributed by atoms with van der Waals surface area (Å²) < 4.78 is 28.3. The fraction of sp³-hybridized carbons (Fsp3) is 0.632. The smallest absolute Gasteiger partial charge is 0.243 e. The number of anilines is 1. The zero-order chi connectivity index (χ0) is 18.7. The number of piperidine rings is 1. The van der Waals surface area contributed by atoms with Crippen molar-refractivity contribution < 1.29 is 13.2 Å². The van der Waals surface area contributed by atoms with Crippen molar-refractivity contribution in [2.75, 3.05) is 25.0 Å². The monoisotopic (exact) mass is 379 g/mol. The van der Waals surface area contributed by atoms with Crippen LogP contribution in [-0.4, -0.2) is 55.2 Å². The maximum Gasteiger partial charge on any atom is 0.243 e. The molecule has 3 rings (SSSR count). The molecular weight excluding hydrogens is 350 g/mol. The van der Waals surface area contributed by atoms with Crippen molar-refractivity contribution in [1.29, 1.82) is 0 Å². The molecular formula is C19H29N3O3S. The van der Waals surface area contributed by atoms with Gasteiger partial charge in [-0.3, -0.25) is 4.79 Å². The number of hydrogen-bond acceptors (Lipinski definition) is 4. The van der Waals surface area contributed by atoms with Crippen molar-refractivity contribution in [3.8, 4) is 0 Å². The summed E-state index contributed by atoms with van der Waals surface area (Å²) in [5.74, 6) is -0.168. The predicted octanol–water partition coefficient (Wildman–Crippen LogP) is 2.67. The molecule has 1 amide bonds. The predicted molar refractivity (Wildman–Crippen MR) is 103 cm³/mol. The Morgan fingerprint density at radius 2 is 1.69 bits per heavy atom. The van der Waals surface area contributed by atoms with Crippen LogP contribution in [-0.2, 0) is 14.8 Å². The summed E-state index contributed by atoms with van der Waals surface area (Å²) in [5, 5.41) is 2.68. The molecule has 6 nitrogen and oxygen atoms in total. The second-order valence-corrected chi connectivity index (χ2v) is 9.19. The van der Waals surface area contributed by atoms with Crippen LogP contribution in [0.15, 0.2) is 29.2 Å². The first-order chi connectivity index (χ1) is 12.4. The van der Waals surface area contributed by atoms with Gasteiger partial charge in [-0.1, -0.05) is 6.92 Å². The van der Waals surface area contributed by atoms with E-state index in [1.54, 1.807) is 28.6 Å². The molecule has 0 radical (unpaired) electrons. The fourth-order valence-corrected chi connectivity index (χ4v) is 5.70. The number of nitrogens with one attached hydrogen (secondary N) is 1. The summed E-state index contributed by atoms with van der Waals surface area (Å²) in [6, 6.07) is 6.75. The Labute approximate surface area is 156 Å².